The topological polar surface area (TPSA) is 224 Å². The third-order valence-corrected chi connectivity index (χ3v) is 8.20. The molecule has 0 aromatic heterocycles. The Hall–Kier alpha value is -4.75. The van der Waals surface area contributed by atoms with Crippen molar-refractivity contribution < 1.29 is 55.4 Å². The monoisotopic (exact) mass is 745 g/mol. The zero-order valence-electron chi connectivity index (χ0n) is 28.3. The molecule has 2 unspecified atom stereocenters. The number of hydrogen-bond acceptors (Lipinski definition) is 8. The van der Waals surface area contributed by atoms with E-state index in [0.29, 0.717) is 5.56 Å². The molecule has 0 saturated carbocycles. The first-order valence-corrected chi connectivity index (χ1v) is 16.1. The zero-order valence-corrected chi connectivity index (χ0v) is 28.3. The number of aliphatic hydroxyl groups is 1. The van der Waals surface area contributed by atoms with Crippen LogP contribution in [0.4, 0.5) is 26.3 Å². The minimum Gasteiger partial charge on any atom is -0.382 e. The maximum Gasteiger partial charge on any atom is 0.426 e. The molecule has 1 fully saturated rings. The molecule has 5 amide bonds. The van der Waals surface area contributed by atoms with E-state index >= 15 is 0 Å². The van der Waals surface area contributed by atoms with E-state index in [-0.39, 0.29) is 24.0 Å². The van der Waals surface area contributed by atoms with Gasteiger partial charge in [-0.2, -0.15) is 26.3 Å². The Morgan fingerprint density at radius 3 is 1.96 bits per heavy atom. The summed E-state index contributed by atoms with van der Waals surface area (Å²) >= 11 is 0. The summed E-state index contributed by atoms with van der Waals surface area (Å²) in [5, 5.41) is 19.1. The zero-order chi connectivity index (χ0) is 39.0. The standard InChI is InChI=1S/C33H41F6N7O6/c1-17(2)26(44-25(48)16-20-10-7-11-21(14-20)31(45-46-31)33(37,38)39)30(52)43-23(15-19-8-5-4-6-9-19)29(51)41-18(3)28(50)42-22(12-13-24(40)47)27(49)32(34,35)36/h4-11,14,17-18,22-23,26-27,45-46,49H,12-13,15-16H2,1-3H3,(H2,40,47)(H,41,51)(H,42,50)(H,43,52)(H,44,48)/t18-,22?,23-,26-,27?/m0/s1. The molecule has 1 aliphatic heterocycles. The van der Waals surface area contributed by atoms with E-state index in [0.717, 1.165) is 6.92 Å². The highest BCUT2D eigenvalue weighted by Gasteiger charge is 2.65. The van der Waals surface area contributed by atoms with Crippen LogP contribution in [0.1, 0.15) is 50.3 Å². The van der Waals surface area contributed by atoms with Crippen molar-refractivity contribution >= 4 is 29.5 Å². The molecule has 52 heavy (non-hydrogen) atoms. The number of rotatable bonds is 17. The molecular formula is C33H41F6N7O6. The summed E-state index contributed by atoms with van der Waals surface area (Å²) in [6.07, 6.45) is -14.6. The van der Waals surface area contributed by atoms with Crippen LogP contribution in [0, 0.1) is 5.92 Å². The summed E-state index contributed by atoms with van der Waals surface area (Å²) in [5.41, 5.74) is 7.37. The van der Waals surface area contributed by atoms with Gasteiger partial charge in [0, 0.05) is 12.8 Å². The Bertz CT molecular complexity index is 1590. The van der Waals surface area contributed by atoms with E-state index in [1.807, 2.05) is 5.32 Å². The third-order valence-electron chi connectivity index (χ3n) is 8.20. The smallest absolute Gasteiger partial charge is 0.382 e. The quantitative estimate of drug-likeness (QED) is 0.0863. The molecule has 1 saturated heterocycles. The number of carbonyl (C=O) groups is 5. The molecule has 1 heterocycles. The van der Waals surface area contributed by atoms with Crippen molar-refractivity contribution in [2.24, 2.45) is 11.7 Å². The molecule has 5 atom stereocenters. The molecule has 19 heteroatoms. The Morgan fingerprint density at radius 2 is 1.42 bits per heavy atom. The van der Waals surface area contributed by atoms with Gasteiger partial charge in [-0.1, -0.05) is 68.4 Å². The first kappa shape index (κ1) is 41.7. The van der Waals surface area contributed by atoms with Crippen molar-refractivity contribution in [2.75, 3.05) is 0 Å². The van der Waals surface area contributed by atoms with E-state index < -0.39 is 96.6 Å². The number of hydrogen-bond donors (Lipinski definition) is 8. The van der Waals surface area contributed by atoms with Crippen molar-refractivity contribution in [1.82, 2.24) is 32.1 Å². The van der Waals surface area contributed by atoms with Crippen molar-refractivity contribution in [3.63, 3.8) is 0 Å². The molecule has 286 valence electrons. The van der Waals surface area contributed by atoms with Crippen molar-refractivity contribution in [3.8, 4) is 0 Å². The van der Waals surface area contributed by atoms with Crippen LogP contribution in [0.3, 0.4) is 0 Å². The van der Waals surface area contributed by atoms with Gasteiger partial charge in [-0.25, -0.2) is 10.9 Å². The minimum absolute atomic E-state index is 0.116. The fourth-order valence-corrected chi connectivity index (χ4v) is 5.21. The van der Waals surface area contributed by atoms with Crippen molar-refractivity contribution in [2.45, 2.75) is 94.7 Å². The fraction of sp³-hybridized carbons (Fsp3) is 0.485. The third kappa shape index (κ3) is 11.4. The average molecular weight is 746 g/mol. The number of alkyl halides is 6. The molecule has 1 aliphatic rings. The summed E-state index contributed by atoms with van der Waals surface area (Å²) in [6, 6.07) is 7.51. The van der Waals surface area contributed by atoms with E-state index in [9.17, 15) is 55.4 Å². The number of primary amides is 1. The van der Waals surface area contributed by atoms with Gasteiger partial charge in [0.25, 0.3) is 0 Å². The molecule has 13 nitrogen and oxygen atoms in total. The molecular weight excluding hydrogens is 704 g/mol. The number of nitrogens with one attached hydrogen (secondary N) is 6. The lowest BCUT2D eigenvalue weighted by atomic mass is 9.98. The first-order valence-electron chi connectivity index (χ1n) is 16.1. The predicted molar refractivity (Wildman–Crippen MR) is 173 cm³/mol. The Labute approximate surface area is 294 Å². The maximum atomic E-state index is 13.5. The summed E-state index contributed by atoms with van der Waals surface area (Å²) in [7, 11) is 0. The number of halogens is 6. The molecule has 9 N–H and O–H groups in total. The van der Waals surface area contributed by atoms with Gasteiger partial charge in [0.05, 0.1) is 12.5 Å². The first-order chi connectivity index (χ1) is 24.1. The molecule has 0 radical (unpaired) electrons. The van der Waals surface area contributed by atoms with Crippen molar-refractivity contribution in [3.05, 3.63) is 71.3 Å². The number of benzene rings is 2. The van der Waals surface area contributed by atoms with Crippen LogP contribution in [0.5, 0.6) is 0 Å². The highest BCUT2D eigenvalue weighted by atomic mass is 19.4. The lowest BCUT2D eigenvalue weighted by Crippen LogP contribution is -2.59. The summed E-state index contributed by atoms with van der Waals surface area (Å²) < 4.78 is 80.3. The number of aliphatic hydroxyl groups excluding tert-OH is 1. The van der Waals surface area contributed by atoms with Crippen LogP contribution >= 0.6 is 0 Å². The van der Waals surface area contributed by atoms with E-state index in [1.165, 1.54) is 24.3 Å². The van der Waals surface area contributed by atoms with Crippen LogP contribution < -0.4 is 37.9 Å². The second-order valence-corrected chi connectivity index (χ2v) is 12.8. The fourth-order valence-electron chi connectivity index (χ4n) is 5.21. The molecule has 0 bridgehead atoms. The molecule has 0 spiro atoms. The minimum atomic E-state index is -5.15. The van der Waals surface area contributed by atoms with Crippen LogP contribution in [0.25, 0.3) is 0 Å². The molecule has 0 aliphatic carbocycles. The largest absolute Gasteiger partial charge is 0.426 e. The Morgan fingerprint density at radius 1 is 0.808 bits per heavy atom. The van der Waals surface area contributed by atoms with Gasteiger partial charge >= 0.3 is 12.4 Å². The number of carbonyl (C=O) groups excluding carboxylic acids is 5. The van der Waals surface area contributed by atoms with Crippen LogP contribution in [0.15, 0.2) is 54.6 Å². The van der Waals surface area contributed by atoms with Crippen LogP contribution in [0.2, 0.25) is 0 Å². The van der Waals surface area contributed by atoms with Gasteiger partial charge in [-0.3, -0.25) is 24.0 Å². The number of nitrogens with two attached hydrogens (primary N) is 1. The van der Waals surface area contributed by atoms with Gasteiger partial charge in [0.15, 0.2) is 6.10 Å². The van der Waals surface area contributed by atoms with Gasteiger partial charge < -0.3 is 32.1 Å². The highest BCUT2D eigenvalue weighted by Crippen LogP contribution is 2.42. The lowest BCUT2D eigenvalue weighted by molar-refractivity contribution is -0.212. The Kier molecular flexibility index (Phi) is 13.8. The average Bonchev–Trinajstić information content (AvgIpc) is 3.87. The Balaban J connectivity index is 1.73. The van der Waals surface area contributed by atoms with Gasteiger partial charge in [-0.05, 0) is 36.0 Å². The van der Waals surface area contributed by atoms with Crippen molar-refractivity contribution in [1.29, 1.82) is 0 Å². The van der Waals surface area contributed by atoms with E-state index in [1.54, 1.807) is 44.2 Å². The van der Waals surface area contributed by atoms with Gasteiger partial charge in [-0.15, -0.1) is 0 Å². The number of amides is 5. The molecule has 2 aromatic carbocycles. The normalized spacial score (nSPS) is 16.8. The highest BCUT2D eigenvalue weighted by molar-refractivity contribution is 5.94. The SMILES string of the molecule is CC(C)[C@H](NC(=O)Cc1cccc(C2(C(F)(F)F)NN2)c1)C(=O)N[C@@H](Cc1ccccc1)C(=O)N[C@@H](C)C(=O)NC(CCC(N)=O)C(O)C(F)(F)F. The van der Waals surface area contributed by atoms with Crippen LogP contribution in [-0.2, 0) is 42.5 Å². The summed E-state index contributed by atoms with van der Waals surface area (Å²) in [6.45, 7) is 4.36. The maximum absolute atomic E-state index is 13.5. The van der Waals surface area contributed by atoms with Gasteiger partial charge in [0.1, 0.15) is 18.1 Å². The summed E-state index contributed by atoms with van der Waals surface area (Å²) in [4.78, 5) is 64.0. The van der Waals surface area contributed by atoms with Gasteiger partial charge in [0.2, 0.25) is 35.2 Å². The second kappa shape index (κ2) is 17.2. The van der Waals surface area contributed by atoms with Crippen LogP contribution in [-0.4, -0.2) is 77.3 Å². The second-order valence-electron chi connectivity index (χ2n) is 12.8. The van der Waals surface area contributed by atoms with E-state index in [2.05, 4.69) is 26.8 Å². The summed E-state index contributed by atoms with van der Waals surface area (Å²) in [5.74, 6) is -5.09. The lowest BCUT2D eigenvalue weighted by Gasteiger charge is -2.28. The predicted octanol–water partition coefficient (Wildman–Crippen LogP) is 1.10. The van der Waals surface area contributed by atoms with E-state index in [4.69, 9.17) is 5.73 Å². The molecule has 3 rings (SSSR count). The number of hydrazine groups is 1. The molecule has 2 aromatic rings.